The van der Waals surface area contributed by atoms with Gasteiger partial charge >= 0.3 is 0 Å². The Labute approximate surface area is 98.6 Å². The Hall–Kier alpha value is -2.14. The number of benzene rings is 1. The third-order valence-electron chi connectivity index (χ3n) is 2.42. The fourth-order valence-electron chi connectivity index (χ4n) is 1.49. The van der Waals surface area contributed by atoms with E-state index in [2.05, 4.69) is 10.5 Å². The number of nitrogens with two attached hydrogens (primary N) is 1. The van der Waals surface area contributed by atoms with Crippen LogP contribution in [0.1, 0.15) is 21.7 Å². The average molecular weight is 231 g/mol. The van der Waals surface area contributed by atoms with Gasteiger partial charge in [0.05, 0.1) is 6.20 Å². The third kappa shape index (κ3) is 2.51. The number of nitrogens with zero attached hydrogens (tertiary/aromatic N) is 1. The number of aryl methyl sites for hydroxylation is 1. The van der Waals surface area contributed by atoms with Crippen LogP contribution in [-0.4, -0.2) is 11.1 Å². The maximum Gasteiger partial charge on any atom is 0.260 e. The van der Waals surface area contributed by atoms with Crippen molar-refractivity contribution in [3.8, 4) is 0 Å². The van der Waals surface area contributed by atoms with E-state index in [0.717, 1.165) is 5.56 Å². The third-order valence-corrected chi connectivity index (χ3v) is 2.42. The van der Waals surface area contributed by atoms with Gasteiger partial charge in [0.2, 0.25) is 0 Å². The van der Waals surface area contributed by atoms with Gasteiger partial charge in [-0.2, -0.15) is 0 Å². The van der Waals surface area contributed by atoms with Crippen molar-refractivity contribution >= 4 is 11.6 Å². The Morgan fingerprint density at radius 2 is 2.35 bits per heavy atom. The molecule has 0 radical (unpaired) electrons. The molecule has 1 aromatic heterocycles. The van der Waals surface area contributed by atoms with Crippen LogP contribution in [0.15, 0.2) is 35.0 Å². The SMILES string of the molecule is Cc1oncc1C(=O)Nc1cccc(CN)c1. The van der Waals surface area contributed by atoms with Gasteiger partial charge in [-0.3, -0.25) is 4.79 Å². The first kappa shape index (κ1) is 11.3. The van der Waals surface area contributed by atoms with Crippen LogP contribution in [0.4, 0.5) is 5.69 Å². The van der Waals surface area contributed by atoms with Gasteiger partial charge in [0.1, 0.15) is 11.3 Å². The molecule has 17 heavy (non-hydrogen) atoms. The van der Waals surface area contributed by atoms with Gasteiger partial charge in [0, 0.05) is 12.2 Å². The van der Waals surface area contributed by atoms with Crippen LogP contribution >= 0.6 is 0 Å². The molecule has 0 bridgehead atoms. The first-order valence-electron chi connectivity index (χ1n) is 5.22. The van der Waals surface area contributed by atoms with Crippen LogP contribution in [0.25, 0.3) is 0 Å². The molecule has 0 saturated heterocycles. The van der Waals surface area contributed by atoms with Crippen LogP contribution in [0.3, 0.4) is 0 Å². The number of aromatic nitrogens is 1. The topological polar surface area (TPSA) is 81.2 Å². The number of carbonyl (C=O) groups is 1. The van der Waals surface area contributed by atoms with Crippen molar-refractivity contribution in [2.45, 2.75) is 13.5 Å². The van der Waals surface area contributed by atoms with E-state index in [1.54, 1.807) is 13.0 Å². The number of carbonyl (C=O) groups excluding carboxylic acids is 1. The van der Waals surface area contributed by atoms with Gasteiger partial charge in [0.25, 0.3) is 5.91 Å². The van der Waals surface area contributed by atoms with Crippen LogP contribution in [0, 0.1) is 6.92 Å². The van der Waals surface area contributed by atoms with Crippen molar-refractivity contribution in [2.75, 3.05) is 5.32 Å². The Morgan fingerprint density at radius 1 is 1.53 bits per heavy atom. The lowest BCUT2D eigenvalue weighted by Crippen LogP contribution is -2.12. The van der Waals surface area contributed by atoms with Gasteiger partial charge in [0.15, 0.2) is 0 Å². The Bertz CT molecular complexity index is 534. The van der Waals surface area contributed by atoms with E-state index in [4.69, 9.17) is 10.3 Å². The summed E-state index contributed by atoms with van der Waals surface area (Å²) >= 11 is 0. The van der Waals surface area contributed by atoms with E-state index in [0.29, 0.717) is 23.6 Å². The minimum atomic E-state index is -0.238. The van der Waals surface area contributed by atoms with Gasteiger partial charge in [-0.1, -0.05) is 17.3 Å². The van der Waals surface area contributed by atoms with Gasteiger partial charge in [-0.05, 0) is 24.6 Å². The number of hydrogen-bond donors (Lipinski definition) is 2. The summed E-state index contributed by atoms with van der Waals surface area (Å²) in [7, 11) is 0. The molecule has 0 aliphatic heterocycles. The number of nitrogens with one attached hydrogen (secondary N) is 1. The Kier molecular flexibility index (Phi) is 3.20. The second kappa shape index (κ2) is 4.80. The molecule has 2 aromatic rings. The fraction of sp³-hybridized carbons (Fsp3) is 0.167. The van der Waals surface area contributed by atoms with Gasteiger partial charge in [-0.15, -0.1) is 0 Å². The highest BCUT2D eigenvalue weighted by atomic mass is 16.5. The van der Waals surface area contributed by atoms with Crippen LogP contribution < -0.4 is 11.1 Å². The largest absolute Gasteiger partial charge is 0.361 e. The molecular formula is C12H13N3O2. The van der Waals surface area contributed by atoms with E-state index in [1.165, 1.54) is 6.20 Å². The number of hydrogen-bond acceptors (Lipinski definition) is 4. The summed E-state index contributed by atoms with van der Waals surface area (Å²) in [6.07, 6.45) is 1.40. The number of anilines is 1. The summed E-state index contributed by atoms with van der Waals surface area (Å²) in [5, 5.41) is 6.33. The molecule has 88 valence electrons. The fourth-order valence-corrected chi connectivity index (χ4v) is 1.49. The molecule has 1 amide bonds. The van der Waals surface area contributed by atoms with Crippen molar-refractivity contribution in [1.29, 1.82) is 0 Å². The molecule has 0 unspecified atom stereocenters. The van der Waals surface area contributed by atoms with Crippen molar-refractivity contribution < 1.29 is 9.32 Å². The molecule has 0 fully saturated rings. The zero-order valence-electron chi connectivity index (χ0n) is 9.43. The first-order chi connectivity index (χ1) is 8.20. The van der Waals surface area contributed by atoms with Crippen LogP contribution in [0.5, 0.6) is 0 Å². The van der Waals surface area contributed by atoms with Crippen molar-refractivity contribution in [3.63, 3.8) is 0 Å². The predicted octanol–water partition coefficient (Wildman–Crippen LogP) is 1.69. The maximum absolute atomic E-state index is 11.9. The van der Waals surface area contributed by atoms with E-state index in [-0.39, 0.29) is 5.91 Å². The quantitative estimate of drug-likeness (QED) is 0.842. The summed E-state index contributed by atoms with van der Waals surface area (Å²) < 4.78 is 4.84. The molecule has 1 heterocycles. The molecule has 0 saturated carbocycles. The van der Waals surface area contributed by atoms with Crippen LogP contribution in [-0.2, 0) is 6.54 Å². The van der Waals surface area contributed by atoms with E-state index < -0.39 is 0 Å². The molecular weight excluding hydrogens is 218 g/mol. The summed E-state index contributed by atoms with van der Waals surface area (Å²) in [6.45, 7) is 2.13. The Balaban J connectivity index is 2.16. The zero-order chi connectivity index (χ0) is 12.3. The highest BCUT2D eigenvalue weighted by Gasteiger charge is 2.12. The molecule has 0 aliphatic rings. The highest BCUT2D eigenvalue weighted by Crippen LogP contribution is 2.13. The van der Waals surface area contributed by atoms with Gasteiger partial charge in [-0.25, -0.2) is 0 Å². The first-order valence-corrected chi connectivity index (χ1v) is 5.22. The van der Waals surface area contributed by atoms with Crippen molar-refractivity contribution in [1.82, 2.24) is 5.16 Å². The smallest absolute Gasteiger partial charge is 0.260 e. The minimum absolute atomic E-state index is 0.238. The average Bonchev–Trinajstić information content (AvgIpc) is 2.76. The number of amides is 1. The Morgan fingerprint density at radius 3 is 3.00 bits per heavy atom. The second-order valence-corrected chi connectivity index (χ2v) is 3.65. The lowest BCUT2D eigenvalue weighted by Gasteiger charge is -2.05. The molecule has 3 N–H and O–H groups in total. The second-order valence-electron chi connectivity index (χ2n) is 3.65. The molecule has 0 aliphatic carbocycles. The lowest BCUT2D eigenvalue weighted by atomic mass is 10.2. The molecule has 5 nitrogen and oxygen atoms in total. The summed E-state index contributed by atoms with van der Waals surface area (Å²) in [6, 6.07) is 7.39. The molecule has 0 atom stereocenters. The lowest BCUT2D eigenvalue weighted by molar-refractivity contribution is 0.102. The minimum Gasteiger partial charge on any atom is -0.361 e. The summed E-state index contributed by atoms with van der Waals surface area (Å²) in [4.78, 5) is 11.9. The van der Waals surface area contributed by atoms with E-state index >= 15 is 0 Å². The molecule has 0 spiro atoms. The van der Waals surface area contributed by atoms with Crippen LogP contribution in [0.2, 0.25) is 0 Å². The molecule has 2 rings (SSSR count). The summed E-state index contributed by atoms with van der Waals surface area (Å²) in [5.41, 5.74) is 7.63. The van der Waals surface area contributed by atoms with E-state index in [9.17, 15) is 4.79 Å². The van der Waals surface area contributed by atoms with Gasteiger partial charge < -0.3 is 15.6 Å². The number of rotatable bonds is 3. The monoisotopic (exact) mass is 231 g/mol. The van der Waals surface area contributed by atoms with E-state index in [1.807, 2.05) is 18.2 Å². The summed E-state index contributed by atoms with van der Waals surface area (Å²) in [5.74, 6) is 0.260. The zero-order valence-corrected chi connectivity index (χ0v) is 9.43. The maximum atomic E-state index is 11.9. The van der Waals surface area contributed by atoms with Crippen molar-refractivity contribution in [3.05, 3.63) is 47.3 Å². The molecule has 1 aromatic carbocycles. The molecule has 5 heteroatoms. The predicted molar refractivity (Wildman–Crippen MR) is 63.5 cm³/mol. The normalized spacial score (nSPS) is 10.2. The van der Waals surface area contributed by atoms with Crippen molar-refractivity contribution in [2.24, 2.45) is 5.73 Å². The highest BCUT2D eigenvalue weighted by molar-refractivity contribution is 6.04. The standard InChI is InChI=1S/C12H13N3O2/c1-8-11(7-14-17-8)12(16)15-10-4-2-3-9(5-10)6-13/h2-5,7H,6,13H2,1H3,(H,15,16).